The third-order valence-corrected chi connectivity index (χ3v) is 3.25. The van der Waals surface area contributed by atoms with Crippen LogP contribution in [-0.4, -0.2) is 55.4 Å². The summed E-state index contributed by atoms with van der Waals surface area (Å²) >= 11 is 0. The second kappa shape index (κ2) is 6.09. The molecule has 112 valence electrons. The van der Waals surface area contributed by atoms with Crippen LogP contribution in [0, 0.1) is 0 Å². The average molecular weight is 282 g/mol. The van der Waals surface area contributed by atoms with Gasteiger partial charge in [0.25, 0.3) is 0 Å². The summed E-state index contributed by atoms with van der Waals surface area (Å²) in [6.45, 7) is 3.32. The number of hydrogen-bond acceptors (Lipinski definition) is 4. The van der Waals surface area contributed by atoms with Crippen LogP contribution in [0.1, 0.15) is 26.7 Å². The Kier molecular flexibility index (Phi) is 5.20. The second-order valence-electron chi connectivity index (χ2n) is 5.43. The normalized spacial score (nSPS) is 19.5. The first-order valence-corrected chi connectivity index (χ1v) is 6.29. The fourth-order valence-electron chi connectivity index (χ4n) is 2.31. The van der Waals surface area contributed by atoms with E-state index in [4.69, 9.17) is 0 Å². The van der Waals surface area contributed by atoms with Gasteiger partial charge in [-0.3, -0.25) is 15.0 Å². The number of hydrogen-bond donors (Lipinski definition) is 1. The quantitative estimate of drug-likeness (QED) is 0.795. The van der Waals surface area contributed by atoms with Crippen LogP contribution in [0.4, 0.5) is 13.2 Å². The summed E-state index contributed by atoms with van der Waals surface area (Å²) in [5, 5.41) is 3.15. The Morgan fingerprint density at radius 2 is 1.84 bits per heavy atom. The molecule has 0 aromatic heterocycles. The molecule has 0 aromatic carbocycles. The van der Waals surface area contributed by atoms with E-state index in [2.05, 4.69) is 10.1 Å². The van der Waals surface area contributed by atoms with Gasteiger partial charge in [-0.15, -0.1) is 0 Å². The first-order valence-electron chi connectivity index (χ1n) is 6.29. The van der Waals surface area contributed by atoms with E-state index < -0.39 is 18.3 Å². The van der Waals surface area contributed by atoms with Gasteiger partial charge in [0.2, 0.25) is 0 Å². The number of esters is 1. The highest BCUT2D eigenvalue weighted by Gasteiger charge is 2.35. The summed E-state index contributed by atoms with van der Waals surface area (Å²) in [5.74, 6) is -0.370. The molecule has 7 heteroatoms. The molecule has 0 saturated carbocycles. The van der Waals surface area contributed by atoms with Gasteiger partial charge in [-0.2, -0.15) is 13.2 Å². The van der Waals surface area contributed by atoms with E-state index >= 15 is 0 Å². The molecule has 0 radical (unpaired) electrons. The molecule has 1 fully saturated rings. The molecule has 0 amide bonds. The van der Waals surface area contributed by atoms with Gasteiger partial charge in [0, 0.05) is 6.04 Å². The number of rotatable bonds is 4. The van der Waals surface area contributed by atoms with Crippen LogP contribution < -0.4 is 5.32 Å². The van der Waals surface area contributed by atoms with Gasteiger partial charge >= 0.3 is 12.1 Å². The molecule has 0 aromatic rings. The fraction of sp³-hybridized carbons (Fsp3) is 0.917. The minimum Gasteiger partial charge on any atom is -0.468 e. The lowest BCUT2D eigenvalue weighted by atomic mass is 9.98. The van der Waals surface area contributed by atoms with Gasteiger partial charge in [-0.05, 0) is 39.8 Å². The third-order valence-electron chi connectivity index (χ3n) is 3.25. The number of methoxy groups -OCH3 is 1. The largest absolute Gasteiger partial charge is 0.468 e. The maximum absolute atomic E-state index is 12.2. The minimum absolute atomic E-state index is 0.0404. The number of alkyl halides is 3. The summed E-state index contributed by atoms with van der Waals surface area (Å²) in [6, 6.07) is 0.0404. The van der Waals surface area contributed by atoms with E-state index in [1.165, 1.54) is 12.0 Å². The molecule has 4 nitrogen and oxygen atoms in total. The van der Waals surface area contributed by atoms with Gasteiger partial charge in [-0.25, -0.2) is 0 Å². The number of carbonyl (C=O) groups excluding carboxylic acids is 1. The van der Waals surface area contributed by atoms with Crippen molar-refractivity contribution < 1.29 is 22.7 Å². The van der Waals surface area contributed by atoms with E-state index in [0.29, 0.717) is 25.9 Å². The average Bonchev–Trinajstić information content (AvgIpc) is 2.28. The summed E-state index contributed by atoms with van der Waals surface area (Å²) in [7, 11) is 1.32. The molecular formula is C12H21F3N2O2. The molecule has 0 aliphatic carbocycles. The highest BCUT2D eigenvalue weighted by molar-refractivity contribution is 5.79. The minimum atomic E-state index is -4.15. The number of piperidine rings is 1. The molecule has 1 rings (SSSR count). The molecule has 1 aliphatic rings. The standard InChI is InChI=1S/C12H21F3N2O2/c1-11(2,10(18)19-3)16-9-4-6-17(7-5-9)8-12(13,14)15/h9,16H,4-8H2,1-3H3. The molecule has 0 unspecified atom stereocenters. The molecule has 0 atom stereocenters. The van der Waals surface area contributed by atoms with Crippen LogP contribution in [-0.2, 0) is 9.53 Å². The topological polar surface area (TPSA) is 41.6 Å². The predicted octanol–water partition coefficient (Wildman–Crippen LogP) is 1.55. The Hall–Kier alpha value is -0.820. The lowest BCUT2D eigenvalue weighted by Crippen LogP contribution is -2.55. The maximum Gasteiger partial charge on any atom is 0.401 e. The van der Waals surface area contributed by atoms with E-state index in [1.807, 2.05) is 0 Å². The van der Waals surface area contributed by atoms with E-state index in [1.54, 1.807) is 13.8 Å². The zero-order chi connectivity index (χ0) is 14.7. The Morgan fingerprint density at radius 3 is 2.26 bits per heavy atom. The van der Waals surface area contributed by atoms with Crippen molar-refractivity contribution in [3.63, 3.8) is 0 Å². The van der Waals surface area contributed by atoms with E-state index in [-0.39, 0.29) is 12.0 Å². The molecule has 1 heterocycles. The Bertz CT molecular complexity index is 311. The van der Waals surface area contributed by atoms with Crippen molar-refractivity contribution in [2.24, 2.45) is 0 Å². The number of ether oxygens (including phenoxy) is 1. The van der Waals surface area contributed by atoms with Crippen molar-refractivity contribution in [3.05, 3.63) is 0 Å². The highest BCUT2D eigenvalue weighted by Crippen LogP contribution is 2.20. The second-order valence-corrected chi connectivity index (χ2v) is 5.43. The smallest absolute Gasteiger partial charge is 0.401 e. The number of carbonyl (C=O) groups is 1. The number of nitrogens with zero attached hydrogens (tertiary/aromatic N) is 1. The van der Waals surface area contributed by atoms with Gasteiger partial charge < -0.3 is 4.74 Å². The Balaban J connectivity index is 2.40. The summed E-state index contributed by atoms with van der Waals surface area (Å²) < 4.78 is 41.4. The van der Waals surface area contributed by atoms with Crippen molar-refractivity contribution in [3.8, 4) is 0 Å². The monoisotopic (exact) mass is 282 g/mol. The van der Waals surface area contributed by atoms with Crippen LogP contribution in [0.15, 0.2) is 0 Å². The van der Waals surface area contributed by atoms with E-state index in [0.717, 1.165) is 0 Å². The number of halogens is 3. The Labute approximate surface area is 111 Å². The molecular weight excluding hydrogens is 261 g/mol. The summed E-state index contributed by atoms with van der Waals surface area (Å²) in [4.78, 5) is 12.9. The molecule has 1 N–H and O–H groups in total. The lowest BCUT2D eigenvalue weighted by molar-refractivity contribution is -0.149. The van der Waals surface area contributed by atoms with E-state index in [9.17, 15) is 18.0 Å². The van der Waals surface area contributed by atoms with Crippen molar-refractivity contribution in [2.75, 3.05) is 26.7 Å². The molecule has 0 spiro atoms. The first-order chi connectivity index (χ1) is 8.64. The molecule has 0 bridgehead atoms. The number of likely N-dealkylation sites (tertiary alicyclic amines) is 1. The van der Waals surface area contributed by atoms with Gasteiger partial charge in [-0.1, -0.05) is 0 Å². The van der Waals surface area contributed by atoms with Crippen molar-refractivity contribution >= 4 is 5.97 Å². The lowest BCUT2D eigenvalue weighted by Gasteiger charge is -2.36. The van der Waals surface area contributed by atoms with Crippen molar-refractivity contribution in [2.45, 2.75) is 44.4 Å². The van der Waals surface area contributed by atoms with Crippen LogP contribution in [0.3, 0.4) is 0 Å². The van der Waals surface area contributed by atoms with Crippen LogP contribution in [0.2, 0.25) is 0 Å². The SMILES string of the molecule is COC(=O)C(C)(C)NC1CCN(CC(F)(F)F)CC1. The number of nitrogens with one attached hydrogen (secondary N) is 1. The van der Waals surface area contributed by atoms with Crippen LogP contribution >= 0.6 is 0 Å². The molecule has 1 aliphatic heterocycles. The van der Waals surface area contributed by atoms with Gasteiger partial charge in [0.15, 0.2) is 0 Å². The first kappa shape index (κ1) is 16.2. The maximum atomic E-state index is 12.2. The zero-order valence-electron chi connectivity index (χ0n) is 11.5. The van der Waals surface area contributed by atoms with Gasteiger partial charge in [0.1, 0.15) is 5.54 Å². The van der Waals surface area contributed by atoms with Crippen LogP contribution in [0.25, 0.3) is 0 Å². The van der Waals surface area contributed by atoms with Crippen molar-refractivity contribution in [1.29, 1.82) is 0 Å². The zero-order valence-corrected chi connectivity index (χ0v) is 11.5. The fourth-order valence-corrected chi connectivity index (χ4v) is 2.31. The third kappa shape index (κ3) is 5.36. The highest BCUT2D eigenvalue weighted by atomic mass is 19.4. The molecule has 19 heavy (non-hydrogen) atoms. The Morgan fingerprint density at radius 1 is 1.32 bits per heavy atom. The molecule has 1 saturated heterocycles. The summed E-state index contributed by atoms with van der Waals surface area (Å²) in [6.07, 6.45) is -2.96. The summed E-state index contributed by atoms with van der Waals surface area (Å²) in [5.41, 5.74) is -0.814. The predicted molar refractivity (Wildman–Crippen MR) is 64.7 cm³/mol. The van der Waals surface area contributed by atoms with Crippen molar-refractivity contribution in [1.82, 2.24) is 10.2 Å². The van der Waals surface area contributed by atoms with Gasteiger partial charge in [0.05, 0.1) is 13.7 Å². The van der Waals surface area contributed by atoms with Crippen LogP contribution in [0.5, 0.6) is 0 Å².